The minimum atomic E-state index is -1.07. The van der Waals surface area contributed by atoms with Crippen molar-refractivity contribution < 1.29 is 33.4 Å². The molecule has 3 aromatic rings. The highest BCUT2D eigenvalue weighted by Gasteiger charge is 2.49. The van der Waals surface area contributed by atoms with Crippen LogP contribution in [0, 0.1) is 13.8 Å². The molecule has 2 aromatic heterocycles. The van der Waals surface area contributed by atoms with E-state index in [1.54, 1.807) is 51.1 Å². The zero-order valence-corrected chi connectivity index (χ0v) is 19.8. The lowest BCUT2D eigenvalue weighted by Crippen LogP contribution is -2.29. The summed E-state index contributed by atoms with van der Waals surface area (Å²) < 4.78 is 15.9. The Hall–Kier alpha value is -3.92. The van der Waals surface area contributed by atoms with E-state index in [9.17, 15) is 19.5 Å². The van der Waals surface area contributed by atoms with Crippen LogP contribution in [0.1, 0.15) is 45.2 Å². The largest absolute Gasteiger partial charge is 0.507 e. The van der Waals surface area contributed by atoms with Gasteiger partial charge in [0.2, 0.25) is 0 Å². The Balaban J connectivity index is 1.87. The second-order valence-corrected chi connectivity index (χ2v) is 8.48. The second-order valence-electron chi connectivity index (χ2n) is 7.50. The van der Waals surface area contributed by atoms with E-state index in [1.807, 2.05) is 0 Å². The fourth-order valence-corrected chi connectivity index (χ4v) is 4.79. The number of methoxy groups -OCH3 is 1. The van der Waals surface area contributed by atoms with Gasteiger partial charge in [0.1, 0.15) is 28.2 Å². The molecule has 1 N–H and O–H groups in total. The van der Waals surface area contributed by atoms with Crippen LogP contribution in [0.5, 0.6) is 5.75 Å². The molecule has 1 aliphatic rings. The molecule has 176 valence electrons. The lowest BCUT2D eigenvalue weighted by atomic mass is 9.98. The number of aryl methyl sites for hydroxylation is 2. The molecule has 34 heavy (non-hydrogen) atoms. The molecule has 1 atom stereocenters. The summed E-state index contributed by atoms with van der Waals surface area (Å²) in [5.74, 6) is -1.83. The van der Waals surface area contributed by atoms with E-state index in [0.29, 0.717) is 17.0 Å². The number of aliphatic hydroxyl groups is 1. The summed E-state index contributed by atoms with van der Waals surface area (Å²) in [6.45, 7) is 5.29. The van der Waals surface area contributed by atoms with Gasteiger partial charge in [0, 0.05) is 5.56 Å². The smallest absolute Gasteiger partial charge is 0.350 e. The number of thiazole rings is 1. The summed E-state index contributed by atoms with van der Waals surface area (Å²) in [7, 11) is 1.53. The number of aliphatic hydroxyl groups excluding tert-OH is 1. The van der Waals surface area contributed by atoms with Gasteiger partial charge in [-0.2, -0.15) is 0 Å². The van der Waals surface area contributed by atoms with Crippen LogP contribution in [0.15, 0.2) is 46.6 Å². The third kappa shape index (κ3) is 3.86. The van der Waals surface area contributed by atoms with Crippen molar-refractivity contribution in [2.24, 2.45) is 0 Å². The number of carbonyl (C=O) groups excluding carboxylic acids is 3. The number of anilines is 1. The zero-order valence-electron chi connectivity index (χ0n) is 18.9. The molecule has 0 radical (unpaired) electrons. The summed E-state index contributed by atoms with van der Waals surface area (Å²) in [6.07, 6.45) is 1.41. The van der Waals surface area contributed by atoms with Gasteiger partial charge in [-0.25, -0.2) is 9.78 Å². The van der Waals surface area contributed by atoms with Crippen LogP contribution < -0.4 is 9.64 Å². The van der Waals surface area contributed by atoms with Gasteiger partial charge in [-0.1, -0.05) is 11.3 Å². The maximum Gasteiger partial charge on any atom is 0.350 e. The normalized spacial score (nSPS) is 17.3. The predicted octanol–water partition coefficient (Wildman–Crippen LogP) is 4.16. The number of ketones is 1. The zero-order chi connectivity index (χ0) is 24.6. The average molecular weight is 483 g/mol. The second kappa shape index (κ2) is 9.14. The number of amides is 1. The monoisotopic (exact) mass is 482 g/mol. The first-order chi connectivity index (χ1) is 16.3. The standard InChI is InChI=1S/C24H22N2O7S/c1-5-32-23(30)21-13(3)25-24(34-21)26-18(16-7-6-10-33-16)17(20(28)22(26)29)19(27)14-8-9-15(31-4)12(2)11-14/h6-11,18,27H,5H2,1-4H3/t18-/m1/s1. The number of ether oxygens (including phenoxy) is 2. The quantitative estimate of drug-likeness (QED) is 0.241. The lowest BCUT2D eigenvalue weighted by Gasteiger charge is -2.20. The van der Waals surface area contributed by atoms with Gasteiger partial charge in [-0.3, -0.25) is 14.5 Å². The molecule has 10 heteroatoms. The summed E-state index contributed by atoms with van der Waals surface area (Å²) in [6, 6.07) is 7.07. The van der Waals surface area contributed by atoms with Crippen LogP contribution in [0.2, 0.25) is 0 Å². The number of hydrogen-bond donors (Lipinski definition) is 1. The Morgan fingerprint density at radius 2 is 2.03 bits per heavy atom. The van der Waals surface area contributed by atoms with Gasteiger partial charge in [-0.05, 0) is 56.7 Å². The molecular weight excluding hydrogens is 460 g/mol. The number of aromatic nitrogens is 1. The van der Waals surface area contributed by atoms with Crippen molar-refractivity contribution in [2.75, 3.05) is 18.6 Å². The third-order valence-electron chi connectivity index (χ3n) is 5.38. The predicted molar refractivity (Wildman–Crippen MR) is 124 cm³/mol. The number of benzene rings is 1. The van der Waals surface area contributed by atoms with Gasteiger partial charge >= 0.3 is 11.9 Å². The third-order valence-corrected chi connectivity index (χ3v) is 6.51. The number of nitrogens with zero attached hydrogens (tertiary/aromatic N) is 2. The number of esters is 1. The molecule has 0 aliphatic carbocycles. The van der Waals surface area contributed by atoms with Crippen molar-refractivity contribution in [1.29, 1.82) is 0 Å². The Bertz CT molecular complexity index is 1310. The molecule has 4 rings (SSSR count). The highest BCUT2D eigenvalue weighted by atomic mass is 32.1. The highest BCUT2D eigenvalue weighted by Crippen LogP contribution is 2.44. The van der Waals surface area contributed by atoms with Crippen LogP contribution >= 0.6 is 11.3 Å². The Morgan fingerprint density at radius 3 is 2.65 bits per heavy atom. The fraction of sp³-hybridized carbons (Fsp3) is 0.250. The van der Waals surface area contributed by atoms with Crippen molar-refractivity contribution in [2.45, 2.75) is 26.8 Å². The molecule has 0 spiro atoms. The number of rotatable bonds is 6. The summed E-state index contributed by atoms with van der Waals surface area (Å²) >= 11 is 0.933. The van der Waals surface area contributed by atoms with Crippen LogP contribution in [-0.4, -0.2) is 41.5 Å². The molecule has 1 aliphatic heterocycles. The number of hydrogen-bond acceptors (Lipinski definition) is 9. The first kappa shape index (κ1) is 23.2. The van der Waals surface area contributed by atoms with Crippen LogP contribution in [0.3, 0.4) is 0 Å². The molecular formula is C24H22N2O7S. The van der Waals surface area contributed by atoms with Crippen LogP contribution in [-0.2, 0) is 14.3 Å². The Morgan fingerprint density at radius 1 is 1.26 bits per heavy atom. The van der Waals surface area contributed by atoms with Gasteiger partial charge in [-0.15, -0.1) is 0 Å². The maximum absolute atomic E-state index is 13.2. The summed E-state index contributed by atoms with van der Waals surface area (Å²) in [5.41, 5.74) is 1.31. The molecule has 1 amide bonds. The molecule has 0 saturated carbocycles. The van der Waals surface area contributed by atoms with E-state index in [-0.39, 0.29) is 33.7 Å². The first-order valence-corrected chi connectivity index (χ1v) is 11.2. The summed E-state index contributed by atoms with van der Waals surface area (Å²) in [4.78, 5) is 44.3. The van der Waals surface area contributed by atoms with Gasteiger partial charge in [0.15, 0.2) is 5.13 Å². The Labute approximate surface area is 199 Å². The average Bonchev–Trinajstić information content (AvgIpc) is 3.52. The van der Waals surface area contributed by atoms with E-state index in [0.717, 1.165) is 21.8 Å². The molecule has 9 nitrogen and oxygen atoms in total. The SMILES string of the molecule is CCOC(=O)c1sc(N2C(=O)C(=O)C(=C(O)c3ccc(OC)c(C)c3)[C@H]2c2ccco2)nc1C. The van der Waals surface area contributed by atoms with Gasteiger partial charge in [0.05, 0.1) is 31.2 Å². The highest BCUT2D eigenvalue weighted by molar-refractivity contribution is 7.17. The topological polar surface area (TPSA) is 119 Å². The molecule has 1 aromatic carbocycles. The molecule has 0 unspecified atom stereocenters. The van der Waals surface area contributed by atoms with Crippen LogP contribution in [0.25, 0.3) is 5.76 Å². The minimum absolute atomic E-state index is 0.119. The molecule has 3 heterocycles. The van der Waals surface area contributed by atoms with E-state index < -0.39 is 23.7 Å². The minimum Gasteiger partial charge on any atom is -0.507 e. The van der Waals surface area contributed by atoms with E-state index in [4.69, 9.17) is 13.9 Å². The van der Waals surface area contributed by atoms with Crippen LogP contribution in [0.4, 0.5) is 5.13 Å². The van der Waals surface area contributed by atoms with E-state index >= 15 is 0 Å². The van der Waals surface area contributed by atoms with Gasteiger partial charge < -0.3 is 19.0 Å². The first-order valence-electron chi connectivity index (χ1n) is 10.4. The number of Topliss-reactive ketones (excluding diaryl/α,β-unsaturated/α-hetero) is 1. The number of furan rings is 1. The maximum atomic E-state index is 13.2. The van der Waals surface area contributed by atoms with E-state index in [2.05, 4.69) is 4.98 Å². The van der Waals surface area contributed by atoms with Gasteiger partial charge in [0.25, 0.3) is 5.78 Å². The van der Waals surface area contributed by atoms with Crippen molar-refractivity contribution in [3.8, 4) is 5.75 Å². The molecule has 1 saturated heterocycles. The van der Waals surface area contributed by atoms with Crippen molar-refractivity contribution in [1.82, 2.24) is 4.98 Å². The number of carbonyl (C=O) groups is 3. The Kier molecular flexibility index (Phi) is 6.25. The van der Waals surface area contributed by atoms with Crippen molar-refractivity contribution in [3.05, 3.63) is 69.6 Å². The molecule has 0 bridgehead atoms. The van der Waals surface area contributed by atoms with Crippen molar-refractivity contribution in [3.63, 3.8) is 0 Å². The van der Waals surface area contributed by atoms with Crippen molar-refractivity contribution >= 4 is 39.9 Å². The van der Waals surface area contributed by atoms with E-state index in [1.165, 1.54) is 13.4 Å². The fourth-order valence-electron chi connectivity index (χ4n) is 3.80. The summed E-state index contributed by atoms with van der Waals surface area (Å²) in [5, 5.41) is 11.3. The lowest BCUT2D eigenvalue weighted by molar-refractivity contribution is -0.132. The molecule has 1 fully saturated rings.